The Morgan fingerprint density at radius 3 is 2.26 bits per heavy atom. The van der Waals surface area contributed by atoms with Gasteiger partial charge in [0.25, 0.3) is 0 Å². The number of alkyl halides is 1. The van der Waals surface area contributed by atoms with Crippen molar-refractivity contribution >= 4 is 47.8 Å². The second-order valence-corrected chi connectivity index (χ2v) is 8.81. The first-order valence-corrected chi connectivity index (χ1v) is 11.0. The molecule has 0 radical (unpaired) electrons. The molecule has 0 saturated heterocycles. The average Bonchev–Trinajstić information content (AvgIpc) is 2.70. The van der Waals surface area contributed by atoms with Gasteiger partial charge in [0.1, 0.15) is 5.75 Å². The number of ether oxygens (including phenoxy) is 1. The van der Waals surface area contributed by atoms with Crippen LogP contribution >= 0.6 is 47.8 Å². The summed E-state index contributed by atoms with van der Waals surface area (Å²) in [6, 6.07) is 18.3. The normalized spacial score (nSPS) is 12.0. The average molecular weight is 556 g/mol. The SMILES string of the molecule is Cc1[nH]c(C(Br)CCOc2ccc(-c3ccccc3)cc2)c(Br)c(=O)c1Br. The molecular formula is C21H18Br3NO2. The van der Waals surface area contributed by atoms with Gasteiger partial charge in [0, 0.05) is 11.4 Å². The summed E-state index contributed by atoms with van der Waals surface area (Å²) in [4.78, 5) is 15.4. The third-order valence-electron chi connectivity index (χ3n) is 4.20. The lowest BCUT2D eigenvalue weighted by molar-refractivity contribution is 0.310. The highest BCUT2D eigenvalue weighted by molar-refractivity contribution is 9.11. The molecule has 27 heavy (non-hydrogen) atoms. The summed E-state index contributed by atoms with van der Waals surface area (Å²) >= 11 is 10.3. The number of hydrogen-bond donors (Lipinski definition) is 1. The summed E-state index contributed by atoms with van der Waals surface area (Å²) in [6.45, 7) is 2.40. The Labute approximate surface area is 183 Å². The molecule has 0 aliphatic rings. The molecule has 1 N–H and O–H groups in total. The Balaban J connectivity index is 1.61. The van der Waals surface area contributed by atoms with E-state index in [4.69, 9.17) is 4.74 Å². The van der Waals surface area contributed by atoms with Crippen molar-refractivity contribution in [1.29, 1.82) is 0 Å². The second kappa shape index (κ2) is 9.22. The fourth-order valence-electron chi connectivity index (χ4n) is 2.72. The van der Waals surface area contributed by atoms with Crippen LogP contribution in [-0.2, 0) is 0 Å². The molecule has 3 rings (SSSR count). The lowest BCUT2D eigenvalue weighted by atomic mass is 10.1. The number of H-pyrrole nitrogens is 1. The van der Waals surface area contributed by atoms with E-state index in [9.17, 15) is 4.79 Å². The van der Waals surface area contributed by atoms with Gasteiger partial charge in [-0.1, -0.05) is 58.4 Å². The molecule has 1 aromatic heterocycles. The van der Waals surface area contributed by atoms with E-state index in [1.807, 2.05) is 37.3 Å². The number of aryl methyl sites for hydroxylation is 1. The molecule has 1 unspecified atom stereocenters. The first-order chi connectivity index (χ1) is 13.0. The van der Waals surface area contributed by atoms with Crippen molar-refractivity contribution in [3.8, 4) is 16.9 Å². The lowest BCUT2D eigenvalue weighted by Gasteiger charge is -2.15. The Hall–Kier alpha value is -1.37. The van der Waals surface area contributed by atoms with E-state index in [0.717, 1.165) is 29.1 Å². The minimum Gasteiger partial charge on any atom is -0.494 e. The molecule has 1 atom stereocenters. The predicted molar refractivity (Wildman–Crippen MR) is 121 cm³/mol. The van der Waals surface area contributed by atoms with Gasteiger partial charge in [0.2, 0.25) is 5.43 Å². The molecule has 0 aliphatic heterocycles. The molecular weight excluding hydrogens is 538 g/mol. The van der Waals surface area contributed by atoms with Crippen molar-refractivity contribution in [1.82, 2.24) is 4.98 Å². The monoisotopic (exact) mass is 553 g/mol. The summed E-state index contributed by atoms with van der Waals surface area (Å²) in [5, 5.41) is 0. The van der Waals surface area contributed by atoms with E-state index >= 15 is 0 Å². The molecule has 3 aromatic rings. The highest BCUT2D eigenvalue weighted by atomic mass is 79.9. The zero-order valence-corrected chi connectivity index (χ0v) is 19.4. The molecule has 1 heterocycles. The van der Waals surface area contributed by atoms with Crippen LogP contribution in [0.15, 0.2) is 68.3 Å². The Bertz CT molecular complexity index is 969. The van der Waals surface area contributed by atoms with Crippen LogP contribution in [0.1, 0.15) is 22.6 Å². The topological polar surface area (TPSA) is 42.1 Å². The number of hydrogen-bond acceptors (Lipinski definition) is 2. The Kier molecular flexibility index (Phi) is 6.95. The zero-order valence-electron chi connectivity index (χ0n) is 14.6. The van der Waals surface area contributed by atoms with E-state index in [0.29, 0.717) is 15.6 Å². The Morgan fingerprint density at radius 2 is 1.59 bits per heavy atom. The number of benzene rings is 2. The van der Waals surface area contributed by atoms with Crippen LogP contribution in [0.5, 0.6) is 5.75 Å². The standard InChI is InChI=1S/C21H18Br3NO2/c1-13-18(23)21(26)19(24)20(25-13)17(22)11-12-27-16-9-7-15(8-10-16)14-5-3-2-4-6-14/h2-10,17H,11-12H2,1H3,(H,25,26). The number of aromatic amines is 1. The van der Waals surface area contributed by atoms with Crippen molar-refractivity contribution in [3.05, 3.63) is 85.2 Å². The largest absolute Gasteiger partial charge is 0.494 e. The van der Waals surface area contributed by atoms with E-state index < -0.39 is 0 Å². The molecule has 3 nitrogen and oxygen atoms in total. The van der Waals surface area contributed by atoms with Gasteiger partial charge < -0.3 is 9.72 Å². The van der Waals surface area contributed by atoms with Crippen LogP contribution in [0.4, 0.5) is 0 Å². The Morgan fingerprint density at radius 1 is 0.963 bits per heavy atom. The van der Waals surface area contributed by atoms with Crippen LogP contribution in [0.2, 0.25) is 0 Å². The number of aromatic nitrogens is 1. The van der Waals surface area contributed by atoms with Gasteiger partial charge in [0.15, 0.2) is 0 Å². The molecule has 2 aromatic carbocycles. The lowest BCUT2D eigenvalue weighted by Crippen LogP contribution is -2.13. The van der Waals surface area contributed by atoms with Crippen molar-refractivity contribution < 1.29 is 4.74 Å². The van der Waals surface area contributed by atoms with E-state index in [2.05, 4.69) is 77.0 Å². The fourth-order valence-corrected chi connectivity index (χ4v) is 4.69. The summed E-state index contributed by atoms with van der Waals surface area (Å²) in [6.07, 6.45) is 0.718. The molecule has 0 saturated carbocycles. The van der Waals surface area contributed by atoms with Gasteiger partial charge in [-0.3, -0.25) is 4.79 Å². The smallest absolute Gasteiger partial charge is 0.210 e. The fraction of sp³-hybridized carbons (Fsp3) is 0.190. The van der Waals surface area contributed by atoms with Crippen molar-refractivity contribution in [2.24, 2.45) is 0 Å². The van der Waals surface area contributed by atoms with E-state index in [1.54, 1.807) is 0 Å². The highest BCUT2D eigenvalue weighted by Crippen LogP contribution is 2.31. The van der Waals surface area contributed by atoms with Crippen LogP contribution < -0.4 is 10.2 Å². The van der Waals surface area contributed by atoms with Gasteiger partial charge in [0.05, 0.1) is 20.4 Å². The molecule has 140 valence electrons. The van der Waals surface area contributed by atoms with Gasteiger partial charge >= 0.3 is 0 Å². The number of halogens is 3. The highest BCUT2D eigenvalue weighted by Gasteiger charge is 2.17. The number of nitrogens with one attached hydrogen (secondary N) is 1. The number of rotatable bonds is 6. The molecule has 0 fully saturated rings. The third kappa shape index (κ3) is 4.92. The van der Waals surface area contributed by atoms with Crippen LogP contribution in [0.3, 0.4) is 0 Å². The minimum atomic E-state index is -0.0527. The van der Waals surface area contributed by atoms with Crippen LogP contribution in [-0.4, -0.2) is 11.6 Å². The third-order valence-corrected chi connectivity index (χ3v) is 6.86. The van der Waals surface area contributed by atoms with Crippen molar-refractivity contribution in [2.75, 3.05) is 6.61 Å². The molecule has 6 heteroatoms. The maximum absolute atomic E-state index is 12.2. The molecule has 0 amide bonds. The maximum atomic E-state index is 12.2. The molecule has 0 aliphatic carbocycles. The summed E-state index contributed by atoms with van der Waals surface area (Å²) in [7, 11) is 0. The zero-order chi connectivity index (χ0) is 19.4. The predicted octanol–water partition coefficient (Wildman–Crippen LogP) is 6.78. The molecule has 0 spiro atoms. The summed E-state index contributed by atoms with van der Waals surface area (Å²) < 4.78 is 6.95. The van der Waals surface area contributed by atoms with Gasteiger partial charge in [-0.15, -0.1) is 0 Å². The van der Waals surface area contributed by atoms with Crippen LogP contribution in [0, 0.1) is 6.92 Å². The summed E-state index contributed by atoms with van der Waals surface area (Å²) in [5.74, 6) is 0.828. The van der Waals surface area contributed by atoms with Gasteiger partial charge in [-0.25, -0.2) is 0 Å². The molecule has 0 bridgehead atoms. The first kappa shape index (κ1) is 20.4. The maximum Gasteiger partial charge on any atom is 0.210 e. The summed E-state index contributed by atoms with van der Waals surface area (Å²) in [5.41, 5.74) is 3.92. The van der Waals surface area contributed by atoms with Crippen molar-refractivity contribution in [2.45, 2.75) is 18.2 Å². The van der Waals surface area contributed by atoms with Gasteiger partial charge in [-0.2, -0.15) is 0 Å². The van der Waals surface area contributed by atoms with Gasteiger partial charge in [-0.05, 0) is 68.5 Å². The minimum absolute atomic E-state index is 0.0185. The van der Waals surface area contributed by atoms with Crippen LogP contribution in [0.25, 0.3) is 11.1 Å². The second-order valence-electron chi connectivity index (χ2n) is 6.12. The quantitative estimate of drug-likeness (QED) is 0.341. The number of pyridine rings is 1. The first-order valence-electron chi connectivity index (χ1n) is 8.47. The van der Waals surface area contributed by atoms with E-state index in [-0.39, 0.29) is 10.3 Å². The van der Waals surface area contributed by atoms with Crippen molar-refractivity contribution in [3.63, 3.8) is 0 Å². The van der Waals surface area contributed by atoms with E-state index in [1.165, 1.54) is 5.56 Å².